The number of sulfone groups is 1. The van der Waals surface area contributed by atoms with Crippen LogP contribution in [0.3, 0.4) is 0 Å². The lowest BCUT2D eigenvalue weighted by Crippen LogP contribution is -2.42. The van der Waals surface area contributed by atoms with Crippen molar-refractivity contribution in [1.82, 2.24) is 20.3 Å². The van der Waals surface area contributed by atoms with Gasteiger partial charge in [-0.2, -0.15) is 23.4 Å². The quantitative estimate of drug-likeness (QED) is 0.561. The molecule has 0 radical (unpaired) electrons. The largest absolute Gasteiger partial charge is 0.501 e. The van der Waals surface area contributed by atoms with E-state index in [1.54, 1.807) is 12.1 Å². The second-order valence-electron chi connectivity index (χ2n) is 7.61. The second kappa shape index (κ2) is 8.65. The highest BCUT2D eigenvalue weighted by molar-refractivity contribution is 7.92. The van der Waals surface area contributed by atoms with Crippen LogP contribution in [0.25, 0.3) is 11.6 Å². The molecule has 3 heterocycles. The molecule has 1 aromatic carbocycles. The van der Waals surface area contributed by atoms with Crippen molar-refractivity contribution in [3.05, 3.63) is 47.8 Å². The summed E-state index contributed by atoms with van der Waals surface area (Å²) in [5.74, 6) is 0.777. The molecule has 1 saturated heterocycles. The Hall–Kier alpha value is -3.57. The molecule has 0 bridgehead atoms. The highest BCUT2D eigenvalue weighted by Gasteiger charge is 2.47. The number of aliphatic hydroxyl groups is 1. The fraction of sp³-hybridized carbons (Fsp3) is 0.350. The predicted molar refractivity (Wildman–Crippen MR) is 110 cm³/mol. The van der Waals surface area contributed by atoms with Crippen LogP contribution in [0.1, 0.15) is 24.2 Å². The molecule has 14 heteroatoms. The van der Waals surface area contributed by atoms with Gasteiger partial charge in [0, 0.05) is 13.1 Å². The smallest absolute Gasteiger partial charge is 0.388 e. The average Bonchev–Trinajstić information content (AvgIpc) is 3.33. The van der Waals surface area contributed by atoms with Gasteiger partial charge in [-0.25, -0.2) is 8.42 Å². The standard InChI is InChI=1S/C20H17F3N6O4S/c21-20(22,23)34(31,32)14-3-1-13(2-4-14)19(12-24)7-9-29(10-8-19)17-6-5-15(26-27-17)18-25-16(11-30)28-33-18/h1-6,30H,7-11H2. The van der Waals surface area contributed by atoms with Crippen molar-refractivity contribution < 1.29 is 31.2 Å². The molecule has 178 valence electrons. The molecular weight excluding hydrogens is 477 g/mol. The molecule has 0 saturated carbocycles. The van der Waals surface area contributed by atoms with Crippen molar-refractivity contribution in [2.75, 3.05) is 18.0 Å². The second-order valence-corrected chi connectivity index (χ2v) is 9.55. The third-order valence-corrected chi connectivity index (χ3v) is 7.16. The first-order valence-electron chi connectivity index (χ1n) is 9.95. The predicted octanol–water partition coefficient (Wildman–Crippen LogP) is 2.37. The van der Waals surface area contributed by atoms with Crippen LogP contribution < -0.4 is 4.90 Å². The maximum Gasteiger partial charge on any atom is 0.501 e. The normalized spacial score (nSPS) is 16.3. The number of aromatic nitrogens is 4. The van der Waals surface area contributed by atoms with E-state index in [4.69, 9.17) is 9.63 Å². The minimum atomic E-state index is -5.45. The number of nitriles is 1. The molecule has 34 heavy (non-hydrogen) atoms. The number of rotatable bonds is 5. The van der Waals surface area contributed by atoms with Crippen molar-refractivity contribution >= 4 is 15.7 Å². The van der Waals surface area contributed by atoms with E-state index in [1.165, 1.54) is 12.1 Å². The van der Waals surface area contributed by atoms with Crippen LogP contribution in [0.2, 0.25) is 0 Å². The highest BCUT2D eigenvalue weighted by Crippen LogP contribution is 2.38. The lowest BCUT2D eigenvalue weighted by atomic mass is 9.74. The third-order valence-electron chi connectivity index (χ3n) is 5.66. The summed E-state index contributed by atoms with van der Waals surface area (Å²) in [6, 6.07) is 9.86. The SMILES string of the molecule is N#CC1(c2ccc(S(=O)(=O)C(F)(F)F)cc2)CCN(c2ccc(-c3nc(CO)no3)nn2)CC1. The molecule has 3 aromatic rings. The zero-order valence-corrected chi connectivity index (χ0v) is 18.2. The molecule has 0 atom stereocenters. The summed E-state index contributed by atoms with van der Waals surface area (Å²) in [7, 11) is -5.45. The summed E-state index contributed by atoms with van der Waals surface area (Å²) in [4.78, 5) is 5.00. The minimum Gasteiger partial charge on any atom is -0.388 e. The number of alkyl halides is 3. The summed E-state index contributed by atoms with van der Waals surface area (Å²) in [6.45, 7) is 0.461. The van der Waals surface area contributed by atoms with E-state index < -0.39 is 25.7 Å². The lowest BCUT2D eigenvalue weighted by Gasteiger charge is -2.38. The van der Waals surface area contributed by atoms with E-state index in [9.17, 15) is 26.9 Å². The van der Waals surface area contributed by atoms with Gasteiger partial charge in [0.1, 0.15) is 6.61 Å². The van der Waals surface area contributed by atoms with Gasteiger partial charge in [0.05, 0.1) is 16.4 Å². The number of hydrogen-bond donors (Lipinski definition) is 1. The molecule has 10 nitrogen and oxygen atoms in total. The van der Waals surface area contributed by atoms with Crippen molar-refractivity contribution in [2.24, 2.45) is 0 Å². The fourth-order valence-electron chi connectivity index (χ4n) is 3.70. The Morgan fingerprint density at radius 2 is 1.79 bits per heavy atom. The lowest BCUT2D eigenvalue weighted by molar-refractivity contribution is -0.0436. The summed E-state index contributed by atoms with van der Waals surface area (Å²) in [5.41, 5.74) is -5.59. The van der Waals surface area contributed by atoms with E-state index in [1.807, 2.05) is 4.90 Å². The zero-order chi connectivity index (χ0) is 24.6. The Labute approximate surface area is 191 Å². The van der Waals surface area contributed by atoms with Crippen LogP contribution in [0.15, 0.2) is 45.8 Å². The molecule has 1 aliphatic heterocycles. The van der Waals surface area contributed by atoms with Gasteiger partial charge in [0.15, 0.2) is 17.3 Å². The van der Waals surface area contributed by atoms with E-state index in [0.717, 1.165) is 12.1 Å². The number of nitrogens with zero attached hydrogens (tertiary/aromatic N) is 6. The Morgan fingerprint density at radius 1 is 1.12 bits per heavy atom. The van der Waals surface area contributed by atoms with Gasteiger partial charge in [-0.3, -0.25) is 0 Å². The Morgan fingerprint density at radius 3 is 2.29 bits per heavy atom. The first kappa shape index (κ1) is 23.6. The summed E-state index contributed by atoms with van der Waals surface area (Å²) in [5, 5.41) is 30.7. The maximum atomic E-state index is 12.8. The monoisotopic (exact) mass is 494 g/mol. The summed E-state index contributed by atoms with van der Waals surface area (Å²) < 4.78 is 66.5. The third kappa shape index (κ3) is 4.19. The maximum absolute atomic E-state index is 12.8. The Balaban J connectivity index is 1.48. The number of piperidine rings is 1. The first-order valence-corrected chi connectivity index (χ1v) is 11.4. The van der Waals surface area contributed by atoms with Crippen LogP contribution >= 0.6 is 0 Å². The number of hydrogen-bond acceptors (Lipinski definition) is 10. The Bertz CT molecular complexity index is 1310. The minimum absolute atomic E-state index is 0.112. The van der Waals surface area contributed by atoms with E-state index in [2.05, 4.69) is 26.4 Å². The number of aliphatic hydroxyl groups excluding tert-OH is 1. The van der Waals surface area contributed by atoms with E-state index >= 15 is 0 Å². The van der Waals surface area contributed by atoms with Gasteiger partial charge in [-0.1, -0.05) is 17.3 Å². The van der Waals surface area contributed by atoms with Gasteiger partial charge in [0.25, 0.3) is 15.7 Å². The molecule has 1 N–H and O–H groups in total. The van der Waals surface area contributed by atoms with Gasteiger partial charge in [-0.05, 0) is 42.7 Å². The molecule has 1 aliphatic rings. The van der Waals surface area contributed by atoms with E-state index in [0.29, 0.717) is 43.0 Å². The van der Waals surface area contributed by atoms with Crippen LogP contribution in [0.4, 0.5) is 19.0 Å². The zero-order valence-electron chi connectivity index (χ0n) is 17.4. The van der Waals surface area contributed by atoms with Gasteiger partial charge in [-0.15, -0.1) is 10.2 Å². The van der Waals surface area contributed by atoms with Gasteiger partial charge < -0.3 is 14.5 Å². The highest BCUT2D eigenvalue weighted by atomic mass is 32.2. The van der Waals surface area contributed by atoms with Crippen LogP contribution in [0, 0.1) is 11.3 Å². The fourth-order valence-corrected chi connectivity index (χ4v) is 4.46. The van der Waals surface area contributed by atoms with Crippen LogP contribution in [0.5, 0.6) is 0 Å². The molecule has 0 aliphatic carbocycles. The molecule has 2 aromatic heterocycles. The first-order chi connectivity index (χ1) is 16.1. The van der Waals surface area contributed by atoms with Crippen molar-refractivity contribution in [3.63, 3.8) is 0 Å². The number of benzene rings is 1. The molecule has 1 fully saturated rings. The molecule has 0 amide bonds. The number of anilines is 1. The van der Waals surface area contributed by atoms with Crippen LogP contribution in [-0.4, -0.2) is 52.5 Å². The van der Waals surface area contributed by atoms with Crippen LogP contribution in [-0.2, 0) is 21.9 Å². The molecule has 4 rings (SSSR count). The Kier molecular flexibility index (Phi) is 6.00. The molecule has 0 spiro atoms. The molecular formula is C20H17F3N6O4S. The average molecular weight is 494 g/mol. The number of halogens is 3. The van der Waals surface area contributed by atoms with Crippen molar-refractivity contribution in [1.29, 1.82) is 5.26 Å². The van der Waals surface area contributed by atoms with Gasteiger partial charge >= 0.3 is 5.51 Å². The van der Waals surface area contributed by atoms with E-state index in [-0.39, 0.29) is 18.3 Å². The van der Waals surface area contributed by atoms with Crippen molar-refractivity contribution in [3.8, 4) is 17.7 Å². The topological polar surface area (TPSA) is 146 Å². The summed E-state index contributed by atoms with van der Waals surface area (Å²) >= 11 is 0. The van der Waals surface area contributed by atoms with Crippen molar-refractivity contribution in [2.45, 2.75) is 35.3 Å². The molecule has 0 unspecified atom stereocenters. The van der Waals surface area contributed by atoms with Gasteiger partial charge in [0.2, 0.25) is 0 Å². The summed E-state index contributed by atoms with van der Waals surface area (Å²) in [6.07, 6.45) is 0.698.